The summed E-state index contributed by atoms with van der Waals surface area (Å²) in [4.78, 5) is 27.0. The second-order valence-corrected chi connectivity index (χ2v) is 7.12. The van der Waals surface area contributed by atoms with Gasteiger partial charge in [-0.25, -0.2) is 4.39 Å². The lowest BCUT2D eigenvalue weighted by Gasteiger charge is -2.29. The molecule has 27 heavy (non-hydrogen) atoms. The van der Waals surface area contributed by atoms with Crippen LogP contribution in [0.2, 0.25) is 0 Å². The number of nitrogens with one attached hydrogen (secondary N) is 1. The van der Waals surface area contributed by atoms with E-state index in [0.717, 1.165) is 11.1 Å². The lowest BCUT2D eigenvalue weighted by atomic mass is 10.1. The van der Waals surface area contributed by atoms with Crippen molar-refractivity contribution in [2.45, 2.75) is 52.7 Å². The van der Waals surface area contributed by atoms with Crippen molar-refractivity contribution in [3.8, 4) is 0 Å². The average Bonchev–Trinajstić information content (AvgIpc) is 2.60. The Bertz CT molecular complexity index is 804. The van der Waals surface area contributed by atoms with E-state index in [1.165, 1.54) is 11.0 Å². The fourth-order valence-electron chi connectivity index (χ4n) is 2.90. The van der Waals surface area contributed by atoms with Crippen LogP contribution in [0.3, 0.4) is 0 Å². The SMILES string of the molecule is Cc1cccc(CN(C(=O)Cc2ccccc2F)[C@@H](C)C(=O)NC(C)C)c1. The zero-order valence-electron chi connectivity index (χ0n) is 16.3. The Morgan fingerprint density at radius 2 is 1.78 bits per heavy atom. The molecule has 0 fully saturated rings. The van der Waals surface area contributed by atoms with Gasteiger partial charge in [0.05, 0.1) is 6.42 Å². The third-order valence-electron chi connectivity index (χ3n) is 4.33. The van der Waals surface area contributed by atoms with Crippen LogP contribution in [0.5, 0.6) is 0 Å². The molecule has 0 radical (unpaired) electrons. The molecule has 0 aromatic heterocycles. The van der Waals surface area contributed by atoms with Gasteiger partial charge in [-0.05, 0) is 44.9 Å². The van der Waals surface area contributed by atoms with Gasteiger partial charge in [-0.3, -0.25) is 9.59 Å². The van der Waals surface area contributed by atoms with E-state index in [2.05, 4.69) is 5.32 Å². The first kappa shape index (κ1) is 20.6. The van der Waals surface area contributed by atoms with Crippen LogP contribution in [0.15, 0.2) is 48.5 Å². The number of amides is 2. The van der Waals surface area contributed by atoms with Crippen LogP contribution in [-0.4, -0.2) is 28.8 Å². The smallest absolute Gasteiger partial charge is 0.242 e. The molecule has 0 spiro atoms. The molecule has 0 bridgehead atoms. The van der Waals surface area contributed by atoms with E-state index in [-0.39, 0.29) is 24.3 Å². The topological polar surface area (TPSA) is 49.4 Å². The molecule has 144 valence electrons. The van der Waals surface area contributed by atoms with Gasteiger partial charge in [0.2, 0.25) is 11.8 Å². The third-order valence-corrected chi connectivity index (χ3v) is 4.33. The molecule has 4 nitrogen and oxygen atoms in total. The van der Waals surface area contributed by atoms with Crippen LogP contribution in [-0.2, 0) is 22.6 Å². The molecule has 0 aliphatic rings. The summed E-state index contributed by atoms with van der Waals surface area (Å²) in [6.07, 6.45) is -0.0855. The van der Waals surface area contributed by atoms with Crippen LogP contribution in [0.4, 0.5) is 4.39 Å². The second kappa shape index (κ2) is 9.31. The molecule has 0 unspecified atom stereocenters. The highest BCUT2D eigenvalue weighted by atomic mass is 19.1. The quantitative estimate of drug-likeness (QED) is 0.809. The molecule has 0 aliphatic heterocycles. The summed E-state index contributed by atoms with van der Waals surface area (Å²) in [5.74, 6) is -0.923. The summed E-state index contributed by atoms with van der Waals surface area (Å²) in [6, 6.07) is 13.3. The summed E-state index contributed by atoms with van der Waals surface area (Å²) < 4.78 is 14.0. The normalized spacial score (nSPS) is 11.9. The Hall–Kier alpha value is -2.69. The van der Waals surface area contributed by atoms with Crippen molar-refractivity contribution >= 4 is 11.8 Å². The molecular weight excluding hydrogens is 343 g/mol. The lowest BCUT2D eigenvalue weighted by molar-refractivity contribution is -0.140. The molecule has 0 saturated heterocycles. The Balaban J connectivity index is 2.26. The molecular formula is C22H27FN2O2. The molecule has 2 aromatic carbocycles. The summed E-state index contributed by atoms with van der Waals surface area (Å²) in [5, 5.41) is 2.84. The highest BCUT2D eigenvalue weighted by Crippen LogP contribution is 2.15. The summed E-state index contributed by atoms with van der Waals surface area (Å²) in [7, 11) is 0. The Morgan fingerprint density at radius 3 is 2.41 bits per heavy atom. The number of hydrogen-bond donors (Lipinski definition) is 1. The molecule has 0 aliphatic carbocycles. The lowest BCUT2D eigenvalue weighted by Crippen LogP contribution is -2.49. The largest absolute Gasteiger partial charge is 0.352 e. The van der Waals surface area contributed by atoms with Crippen molar-refractivity contribution < 1.29 is 14.0 Å². The Labute approximate surface area is 160 Å². The maximum Gasteiger partial charge on any atom is 0.242 e. The third kappa shape index (κ3) is 5.91. The maximum atomic E-state index is 14.0. The summed E-state index contributed by atoms with van der Waals surface area (Å²) in [6.45, 7) is 7.71. The second-order valence-electron chi connectivity index (χ2n) is 7.12. The maximum absolute atomic E-state index is 14.0. The van der Waals surface area contributed by atoms with Gasteiger partial charge in [0.15, 0.2) is 0 Å². The number of halogens is 1. The number of nitrogens with zero attached hydrogens (tertiary/aromatic N) is 1. The van der Waals surface area contributed by atoms with Gasteiger partial charge >= 0.3 is 0 Å². The van der Waals surface area contributed by atoms with Crippen LogP contribution in [0.25, 0.3) is 0 Å². The molecule has 0 saturated carbocycles. The van der Waals surface area contributed by atoms with Crippen molar-refractivity contribution in [3.05, 3.63) is 71.0 Å². The van der Waals surface area contributed by atoms with Gasteiger partial charge in [-0.15, -0.1) is 0 Å². The summed E-state index contributed by atoms with van der Waals surface area (Å²) in [5.41, 5.74) is 2.34. The van der Waals surface area contributed by atoms with Crippen LogP contribution >= 0.6 is 0 Å². The minimum absolute atomic E-state index is 0.0255. The van der Waals surface area contributed by atoms with E-state index in [0.29, 0.717) is 12.1 Å². The van der Waals surface area contributed by atoms with Crippen molar-refractivity contribution in [1.82, 2.24) is 10.2 Å². The van der Waals surface area contributed by atoms with Gasteiger partial charge in [-0.2, -0.15) is 0 Å². The zero-order valence-corrected chi connectivity index (χ0v) is 16.3. The number of carbonyl (C=O) groups excluding carboxylic acids is 2. The van der Waals surface area contributed by atoms with Gasteiger partial charge in [0.1, 0.15) is 11.9 Å². The Morgan fingerprint density at radius 1 is 1.07 bits per heavy atom. The molecule has 2 rings (SSSR count). The van der Waals surface area contributed by atoms with Gasteiger partial charge in [-0.1, -0.05) is 48.0 Å². The molecule has 0 heterocycles. The molecule has 1 atom stereocenters. The molecule has 1 N–H and O–H groups in total. The number of benzene rings is 2. The number of hydrogen-bond acceptors (Lipinski definition) is 2. The predicted octanol–water partition coefficient (Wildman–Crippen LogP) is 3.62. The minimum atomic E-state index is -0.660. The van der Waals surface area contributed by atoms with E-state index in [1.54, 1.807) is 25.1 Å². The number of aryl methyl sites for hydroxylation is 1. The Kier molecular flexibility index (Phi) is 7.11. The van der Waals surface area contributed by atoms with E-state index in [1.807, 2.05) is 45.0 Å². The van der Waals surface area contributed by atoms with E-state index in [9.17, 15) is 14.0 Å². The first-order valence-electron chi connectivity index (χ1n) is 9.16. The van der Waals surface area contributed by atoms with E-state index >= 15 is 0 Å². The van der Waals surface area contributed by atoms with Crippen molar-refractivity contribution in [2.24, 2.45) is 0 Å². The van der Waals surface area contributed by atoms with Crippen LogP contribution in [0.1, 0.15) is 37.5 Å². The minimum Gasteiger partial charge on any atom is -0.352 e. The van der Waals surface area contributed by atoms with Gasteiger partial charge < -0.3 is 10.2 Å². The number of rotatable bonds is 7. The zero-order chi connectivity index (χ0) is 20.0. The van der Waals surface area contributed by atoms with Crippen molar-refractivity contribution in [2.75, 3.05) is 0 Å². The number of carbonyl (C=O) groups is 2. The van der Waals surface area contributed by atoms with Crippen molar-refractivity contribution in [1.29, 1.82) is 0 Å². The molecule has 2 aromatic rings. The first-order valence-corrected chi connectivity index (χ1v) is 9.16. The first-order chi connectivity index (χ1) is 12.8. The van der Waals surface area contributed by atoms with Crippen molar-refractivity contribution in [3.63, 3.8) is 0 Å². The standard InChI is InChI=1S/C22H27FN2O2/c1-15(2)24-22(27)17(4)25(14-18-9-7-8-16(3)12-18)21(26)13-19-10-5-6-11-20(19)23/h5-12,15,17H,13-14H2,1-4H3,(H,24,27)/t17-/m0/s1. The monoisotopic (exact) mass is 370 g/mol. The van der Waals surface area contributed by atoms with Crippen LogP contribution in [0, 0.1) is 12.7 Å². The highest BCUT2D eigenvalue weighted by Gasteiger charge is 2.27. The molecule has 2 amide bonds. The fraction of sp³-hybridized carbons (Fsp3) is 0.364. The van der Waals surface area contributed by atoms with Crippen LogP contribution < -0.4 is 5.32 Å². The highest BCUT2D eigenvalue weighted by molar-refractivity contribution is 5.88. The molecule has 5 heteroatoms. The average molecular weight is 370 g/mol. The summed E-state index contributed by atoms with van der Waals surface area (Å²) >= 11 is 0. The van der Waals surface area contributed by atoms with Gasteiger partial charge in [0.25, 0.3) is 0 Å². The fourth-order valence-corrected chi connectivity index (χ4v) is 2.90. The van der Waals surface area contributed by atoms with E-state index in [4.69, 9.17) is 0 Å². The predicted molar refractivity (Wildman–Crippen MR) is 105 cm³/mol. The van der Waals surface area contributed by atoms with E-state index < -0.39 is 11.9 Å². The van der Waals surface area contributed by atoms with Gasteiger partial charge in [0, 0.05) is 12.6 Å².